The van der Waals surface area contributed by atoms with Gasteiger partial charge in [0.2, 0.25) is 5.91 Å². The zero-order chi connectivity index (χ0) is 20.6. The Bertz CT molecular complexity index is 880. The SMILES string of the molecule is O=C(NCCNC(=O)C1CCCO1)c1ccc(NC(=O)c2cccc(F)c2)cc1. The Balaban J connectivity index is 1.43. The van der Waals surface area contributed by atoms with Crippen molar-refractivity contribution < 1.29 is 23.5 Å². The van der Waals surface area contributed by atoms with E-state index in [0.29, 0.717) is 24.4 Å². The second-order valence-electron chi connectivity index (χ2n) is 6.59. The predicted molar refractivity (Wildman–Crippen MR) is 105 cm³/mol. The molecule has 1 heterocycles. The highest BCUT2D eigenvalue weighted by atomic mass is 19.1. The van der Waals surface area contributed by atoms with E-state index in [-0.39, 0.29) is 30.0 Å². The predicted octanol–water partition coefficient (Wildman–Crippen LogP) is 2.10. The number of rotatable bonds is 7. The highest BCUT2D eigenvalue weighted by Crippen LogP contribution is 2.13. The number of benzene rings is 2. The number of amides is 3. The summed E-state index contributed by atoms with van der Waals surface area (Å²) >= 11 is 0. The molecule has 2 aromatic rings. The van der Waals surface area contributed by atoms with Crippen LogP contribution in [0.25, 0.3) is 0 Å². The molecule has 3 rings (SSSR count). The molecular formula is C21H22FN3O4. The maximum atomic E-state index is 13.2. The molecule has 1 atom stereocenters. The molecule has 1 unspecified atom stereocenters. The highest BCUT2D eigenvalue weighted by molar-refractivity contribution is 6.04. The summed E-state index contributed by atoms with van der Waals surface area (Å²) in [5, 5.41) is 8.09. The van der Waals surface area contributed by atoms with Crippen molar-refractivity contribution in [2.24, 2.45) is 0 Å². The van der Waals surface area contributed by atoms with Crippen molar-refractivity contribution in [3.05, 3.63) is 65.5 Å². The number of halogens is 1. The van der Waals surface area contributed by atoms with Gasteiger partial charge in [-0.2, -0.15) is 0 Å². The fraction of sp³-hybridized carbons (Fsp3) is 0.286. The third-order valence-electron chi connectivity index (χ3n) is 4.42. The molecule has 0 spiro atoms. The number of nitrogens with one attached hydrogen (secondary N) is 3. The minimum absolute atomic E-state index is 0.157. The van der Waals surface area contributed by atoms with Crippen molar-refractivity contribution in [2.45, 2.75) is 18.9 Å². The van der Waals surface area contributed by atoms with Gasteiger partial charge in [-0.15, -0.1) is 0 Å². The summed E-state index contributed by atoms with van der Waals surface area (Å²) in [6.07, 6.45) is 1.22. The summed E-state index contributed by atoms with van der Waals surface area (Å²) in [4.78, 5) is 36.1. The molecule has 1 saturated heterocycles. The van der Waals surface area contributed by atoms with E-state index in [2.05, 4.69) is 16.0 Å². The number of anilines is 1. The summed E-state index contributed by atoms with van der Waals surface area (Å²) in [6.45, 7) is 1.20. The first-order valence-corrected chi connectivity index (χ1v) is 9.37. The zero-order valence-electron chi connectivity index (χ0n) is 15.7. The van der Waals surface area contributed by atoms with Crippen LogP contribution in [0.1, 0.15) is 33.6 Å². The van der Waals surface area contributed by atoms with Crippen LogP contribution in [-0.2, 0) is 9.53 Å². The average Bonchev–Trinajstić information content (AvgIpc) is 3.26. The monoisotopic (exact) mass is 399 g/mol. The number of ether oxygens (including phenoxy) is 1. The van der Waals surface area contributed by atoms with Gasteiger partial charge < -0.3 is 20.7 Å². The standard InChI is InChI=1S/C21H22FN3O4/c22-16-4-1-3-15(13-16)20(27)25-17-8-6-14(7-9-17)19(26)23-10-11-24-21(28)18-5-2-12-29-18/h1,3-4,6-9,13,18H,2,5,10-12H2,(H,23,26)(H,24,28)(H,25,27). The summed E-state index contributed by atoms with van der Waals surface area (Å²) in [7, 11) is 0. The van der Waals surface area contributed by atoms with E-state index in [1.54, 1.807) is 24.3 Å². The van der Waals surface area contributed by atoms with E-state index in [4.69, 9.17) is 4.74 Å². The van der Waals surface area contributed by atoms with Crippen LogP contribution in [0.4, 0.5) is 10.1 Å². The molecule has 152 valence electrons. The number of carbonyl (C=O) groups is 3. The van der Waals surface area contributed by atoms with E-state index >= 15 is 0 Å². The minimum atomic E-state index is -0.489. The van der Waals surface area contributed by atoms with Crippen molar-refractivity contribution in [3.8, 4) is 0 Å². The van der Waals surface area contributed by atoms with Gasteiger partial charge in [0.25, 0.3) is 11.8 Å². The van der Waals surface area contributed by atoms with Crippen molar-refractivity contribution in [1.82, 2.24) is 10.6 Å². The Morgan fingerprint density at radius 3 is 2.41 bits per heavy atom. The summed E-state index contributed by atoms with van der Waals surface area (Å²) < 4.78 is 18.5. The van der Waals surface area contributed by atoms with Crippen LogP contribution < -0.4 is 16.0 Å². The Hall–Kier alpha value is -3.26. The molecule has 3 N–H and O–H groups in total. The van der Waals surface area contributed by atoms with Crippen LogP contribution in [0, 0.1) is 5.82 Å². The smallest absolute Gasteiger partial charge is 0.255 e. The average molecular weight is 399 g/mol. The maximum Gasteiger partial charge on any atom is 0.255 e. The van der Waals surface area contributed by atoms with Gasteiger partial charge in [0.05, 0.1) is 0 Å². The lowest BCUT2D eigenvalue weighted by molar-refractivity contribution is -0.129. The first-order chi connectivity index (χ1) is 14.0. The van der Waals surface area contributed by atoms with Gasteiger partial charge in [-0.05, 0) is 55.3 Å². The quantitative estimate of drug-likeness (QED) is 0.622. The summed E-state index contributed by atoms with van der Waals surface area (Å²) in [5.41, 5.74) is 1.11. The Morgan fingerprint density at radius 1 is 0.966 bits per heavy atom. The van der Waals surface area contributed by atoms with Gasteiger partial charge in [-0.3, -0.25) is 14.4 Å². The lowest BCUT2D eigenvalue weighted by Crippen LogP contribution is -2.39. The van der Waals surface area contributed by atoms with Crippen LogP contribution in [0.3, 0.4) is 0 Å². The minimum Gasteiger partial charge on any atom is -0.368 e. The summed E-state index contributed by atoms with van der Waals surface area (Å²) in [6, 6.07) is 11.7. The molecule has 1 fully saturated rings. The zero-order valence-corrected chi connectivity index (χ0v) is 15.7. The number of hydrogen-bond acceptors (Lipinski definition) is 4. The maximum absolute atomic E-state index is 13.2. The highest BCUT2D eigenvalue weighted by Gasteiger charge is 2.22. The molecule has 1 aliphatic rings. The van der Waals surface area contributed by atoms with Gasteiger partial charge in [0, 0.05) is 36.5 Å². The van der Waals surface area contributed by atoms with Crippen molar-refractivity contribution in [1.29, 1.82) is 0 Å². The van der Waals surface area contributed by atoms with E-state index < -0.39 is 11.7 Å². The lowest BCUT2D eigenvalue weighted by atomic mass is 10.1. The molecular weight excluding hydrogens is 377 g/mol. The lowest BCUT2D eigenvalue weighted by Gasteiger charge is -2.11. The molecule has 0 bridgehead atoms. The van der Waals surface area contributed by atoms with Crippen molar-refractivity contribution in [3.63, 3.8) is 0 Å². The van der Waals surface area contributed by atoms with E-state index in [1.165, 1.54) is 18.2 Å². The van der Waals surface area contributed by atoms with E-state index in [9.17, 15) is 18.8 Å². The van der Waals surface area contributed by atoms with Crippen LogP contribution in [0.15, 0.2) is 48.5 Å². The van der Waals surface area contributed by atoms with E-state index in [1.807, 2.05) is 0 Å². The second kappa shape index (κ2) is 9.79. The summed E-state index contributed by atoms with van der Waals surface area (Å²) in [5.74, 6) is -1.38. The first-order valence-electron chi connectivity index (χ1n) is 9.37. The van der Waals surface area contributed by atoms with Crippen LogP contribution in [0.5, 0.6) is 0 Å². The van der Waals surface area contributed by atoms with Crippen molar-refractivity contribution in [2.75, 3.05) is 25.0 Å². The molecule has 1 aliphatic heterocycles. The molecule has 7 nitrogen and oxygen atoms in total. The van der Waals surface area contributed by atoms with Gasteiger partial charge in [-0.25, -0.2) is 4.39 Å². The van der Waals surface area contributed by atoms with Gasteiger partial charge in [0.15, 0.2) is 0 Å². The van der Waals surface area contributed by atoms with Gasteiger partial charge in [0.1, 0.15) is 11.9 Å². The first kappa shape index (κ1) is 20.5. The molecule has 0 aliphatic carbocycles. The third-order valence-corrected chi connectivity index (χ3v) is 4.42. The molecule has 2 aromatic carbocycles. The topological polar surface area (TPSA) is 96.5 Å². The normalized spacial score (nSPS) is 15.6. The molecule has 3 amide bonds. The third kappa shape index (κ3) is 5.86. The van der Waals surface area contributed by atoms with Gasteiger partial charge >= 0.3 is 0 Å². The molecule has 29 heavy (non-hydrogen) atoms. The van der Waals surface area contributed by atoms with E-state index in [0.717, 1.165) is 18.9 Å². The molecule has 0 radical (unpaired) electrons. The van der Waals surface area contributed by atoms with Crippen LogP contribution in [-0.4, -0.2) is 43.5 Å². The molecule has 0 aromatic heterocycles. The molecule has 0 saturated carbocycles. The Kier molecular flexibility index (Phi) is 6.91. The van der Waals surface area contributed by atoms with Gasteiger partial charge in [-0.1, -0.05) is 6.07 Å². The Morgan fingerprint density at radius 2 is 1.72 bits per heavy atom. The number of hydrogen-bond donors (Lipinski definition) is 3. The second-order valence-corrected chi connectivity index (χ2v) is 6.59. The van der Waals surface area contributed by atoms with Crippen molar-refractivity contribution >= 4 is 23.4 Å². The van der Waals surface area contributed by atoms with Crippen LogP contribution in [0.2, 0.25) is 0 Å². The van der Waals surface area contributed by atoms with Crippen LogP contribution >= 0.6 is 0 Å². The largest absolute Gasteiger partial charge is 0.368 e. The molecule has 8 heteroatoms. The fourth-order valence-electron chi connectivity index (χ4n) is 2.90. The Labute approximate surface area is 167 Å². The fourth-order valence-corrected chi connectivity index (χ4v) is 2.90. The number of carbonyl (C=O) groups excluding carboxylic acids is 3.